The highest BCUT2D eigenvalue weighted by atomic mass is 19.1. The minimum Gasteiger partial charge on any atom is -0.396 e. The molecular formula is C16H23FN2O2. The molecular weight excluding hydrogens is 271 g/mol. The van der Waals surface area contributed by atoms with Crippen LogP contribution in [0.15, 0.2) is 24.3 Å². The van der Waals surface area contributed by atoms with Gasteiger partial charge in [-0.2, -0.15) is 0 Å². The molecule has 0 spiro atoms. The van der Waals surface area contributed by atoms with Gasteiger partial charge in [-0.15, -0.1) is 0 Å². The lowest BCUT2D eigenvalue weighted by molar-refractivity contribution is -0.130. The summed E-state index contributed by atoms with van der Waals surface area (Å²) in [5.74, 6) is -0.240. The summed E-state index contributed by atoms with van der Waals surface area (Å²) >= 11 is 0. The van der Waals surface area contributed by atoms with E-state index in [0.29, 0.717) is 6.54 Å². The average molecular weight is 294 g/mol. The van der Waals surface area contributed by atoms with Crippen molar-refractivity contribution in [3.8, 4) is 0 Å². The van der Waals surface area contributed by atoms with E-state index in [2.05, 4.69) is 4.90 Å². The van der Waals surface area contributed by atoms with Crippen LogP contribution in [0.1, 0.15) is 18.4 Å². The number of amides is 1. The van der Waals surface area contributed by atoms with Gasteiger partial charge in [-0.3, -0.25) is 4.79 Å². The highest BCUT2D eigenvalue weighted by Gasteiger charge is 2.19. The van der Waals surface area contributed by atoms with Gasteiger partial charge in [-0.25, -0.2) is 4.39 Å². The number of carbonyl (C=O) groups excluding carboxylic acids is 1. The predicted molar refractivity (Wildman–Crippen MR) is 79.4 cm³/mol. The number of carbonyl (C=O) groups is 1. The molecule has 0 bridgehead atoms. The third kappa shape index (κ3) is 5.10. The Bertz CT molecular complexity index is 467. The van der Waals surface area contributed by atoms with Crippen LogP contribution in [0.2, 0.25) is 0 Å². The van der Waals surface area contributed by atoms with E-state index in [4.69, 9.17) is 5.11 Å². The highest BCUT2D eigenvalue weighted by molar-refractivity contribution is 5.78. The second kappa shape index (κ2) is 8.10. The van der Waals surface area contributed by atoms with Gasteiger partial charge in [0.05, 0.1) is 6.42 Å². The minimum atomic E-state index is -0.300. The van der Waals surface area contributed by atoms with E-state index in [1.807, 2.05) is 4.90 Å². The van der Waals surface area contributed by atoms with Crippen molar-refractivity contribution in [2.45, 2.75) is 19.3 Å². The van der Waals surface area contributed by atoms with E-state index in [0.717, 1.165) is 44.6 Å². The van der Waals surface area contributed by atoms with E-state index in [1.54, 1.807) is 12.1 Å². The molecule has 1 amide bonds. The van der Waals surface area contributed by atoms with E-state index >= 15 is 0 Å². The lowest BCUT2D eigenvalue weighted by atomic mass is 10.1. The fourth-order valence-corrected chi connectivity index (χ4v) is 2.67. The van der Waals surface area contributed by atoms with Crippen molar-refractivity contribution in [3.63, 3.8) is 0 Å². The van der Waals surface area contributed by atoms with Gasteiger partial charge in [0.2, 0.25) is 5.91 Å². The molecule has 116 valence electrons. The first-order valence-corrected chi connectivity index (χ1v) is 7.54. The minimum absolute atomic E-state index is 0.0598. The molecule has 1 N–H and O–H groups in total. The summed E-state index contributed by atoms with van der Waals surface area (Å²) in [7, 11) is 0. The highest BCUT2D eigenvalue weighted by Crippen LogP contribution is 2.09. The molecule has 1 fully saturated rings. The first-order valence-electron chi connectivity index (χ1n) is 7.54. The Balaban J connectivity index is 1.85. The van der Waals surface area contributed by atoms with Gasteiger partial charge in [-0.1, -0.05) is 12.1 Å². The van der Waals surface area contributed by atoms with Crippen LogP contribution in [-0.4, -0.2) is 60.1 Å². The van der Waals surface area contributed by atoms with E-state index in [9.17, 15) is 9.18 Å². The van der Waals surface area contributed by atoms with Crippen LogP contribution in [-0.2, 0) is 11.2 Å². The molecule has 1 aromatic carbocycles. The molecule has 1 aromatic rings. The molecule has 4 nitrogen and oxygen atoms in total. The first-order chi connectivity index (χ1) is 10.2. The van der Waals surface area contributed by atoms with E-state index in [-0.39, 0.29) is 24.8 Å². The van der Waals surface area contributed by atoms with Crippen molar-refractivity contribution in [1.29, 1.82) is 0 Å². The SMILES string of the molecule is O=C(Cc1cccc(F)c1)N1CCCN(CCCO)CC1. The Hall–Kier alpha value is -1.46. The second-order valence-corrected chi connectivity index (χ2v) is 5.46. The zero-order valence-corrected chi connectivity index (χ0v) is 12.3. The lowest BCUT2D eigenvalue weighted by Crippen LogP contribution is -2.36. The van der Waals surface area contributed by atoms with Crippen molar-refractivity contribution in [2.24, 2.45) is 0 Å². The van der Waals surface area contributed by atoms with E-state index in [1.165, 1.54) is 12.1 Å². The molecule has 1 saturated heterocycles. The number of aliphatic hydroxyl groups is 1. The number of nitrogens with zero attached hydrogens (tertiary/aromatic N) is 2. The van der Waals surface area contributed by atoms with Crippen LogP contribution in [0.4, 0.5) is 4.39 Å². The molecule has 0 radical (unpaired) electrons. The Kier molecular flexibility index (Phi) is 6.14. The standard InChI is InChI=1S/C16H23FN2O2/c17-15-5-1-4-14(12-15)13-16(21)19-8-2-6-18(9-10-19)7-3-11-20/h1,4-5,12,20H,2-3,6-11,13H2. The van der Waals surface area contributed by atoms with Gasteiger partial charge in [-0.05, 0) is 37.1 Å². The molecule has 0 atom stereocenters. The summed E-state index contributed by atoms with van der Waals surface area (Å²) < 4.78 is 13.1. The number of hydrogen-bond donors (Lipinski definition) is 1. The summed E-state index contributed by atoms with van der Waals surface area (Å²) in [5.41, 5.74) is 0.724. The fraction of sp³-hybridized carbons (Fsp3) is 0.562. The van der Waals surface area contributed by atoms with Gasteiger partial charge in [0, 0.05) is 32.8 Å². The van der Waals surface area contributed by atoms with Crippen LogP contribution in [0, 0.1) is 5.82 Å². The molecule has 1 heterocycles. The van der Waals surface area contributed by atoms with Crippen molar-refractivity contribution in [2.75, 3.05) is 39.3 Å². The van der Waals surface area contributed by atoms with Gasteiger partial charge in [0.1, 0.15) is 5.82 Å². The van der Waals surface area contributed by atoms with Crippen LogP contribution in [0.5, 0.6) is 0 Å². The lowest BCUT2D eigenvalue weighted by Gasteiger charge is -2.22. The van der Waals surface area contributed by atoms with Crippen molar-refractivity contribution in [1.82, 2.24) is 9.80 Å². The van der Waals surface area contributed by atoms with Crippen LogP contribution in [0.3, 0.4) is 0 Å². The maximum absolute atomic E-state index is 13.1. The van der Waals surface area contributed by atoms with Gasteiger partial charge in [0.15, 0.2) is 0 Å². The van der Waals surface area contributed by atoms with E-state index < -0.39 is 0 Å². The Morgan fingerprint density at radius 2 is 2.10 bits per heavy atom. The maximum Gasteiger partial charge on any atom is 0.227 e. The molecule has 0 saturated carbocycles. The summed E-state index contributed by atoms with van der Waals surface area (Å²) in [5, 5.41) is 8.87. The summed E-state index contributed by atoms with van der Waals surface area (Å²) in [6, 6.07) is 6.23. The van der Waals surface area contributed by atoms with Crippen molar-refractivity contribution < 1.29 is 14.3 Å². The van der Waals surface area contributed by atoms with Gasteiger partial charge < -0.3 is 14.9 Å². The number of rotatable bonds is 5. The Morgan fingerprint density at radius 1 is 1.24 bits per heavy atom. The summed E-state index contributed by atoms with van der Waals surface area (Å²) in [4.78, 5) is 16.4. The second-order valence-electron chi connectivity index (χ2n) is 5.46. The smallest absolute Gasteiger partial charge is 0.227 e. The topological polar surface area (TPSA) is 43.8 Å². The van der Waals surface area contributed by atoms with Crippen molar-refractivity contribution in [3.05, 3.63) is 35.6 Å². The monoisotopic (exact) mass is 294 g/mol. The average Bonchev–Trinajstić information content (AvgIpc) is 2.70. The number of halogens is 1. The van der Waals surface area contributed by atoms with Crippen LogP contribution in [0.25, 0.3) is 0 Å². The first kappa shape index (κ1) is 15.9. The molecule has 0 aliphatic carbocycles. The molecule has 0 unspecified atom stereocenters. The predicted octanol–water partition coefficient (Wildman–Crippen LogP) is 1.28. The Morgan fingerprint density at radius 3 is 2.86 bits per heavy atom. The summed E-state index contributed by atoms with van der Waals surface area (Å²) in [6.45, 7) is 4.35. The Labute approximate surface area is 125 Å². The molecule has 1 aliphatic heterocycles. The van der Waals surface area contributed by atoms with Crippen LogP contribution < -0.4 is 0 Å². The third-order valence-corrected chi connectivity index (χ3v) is 3.82. The zero-order valence-electron chi connectivity index (χ0n) is 12.3. The summed E-state index contributed by atoms with van der Waals surface area (Å²) in [6.07, 6.45) is 1.98. The quantitative estimate of drug-likeness (QED) is 0.890. The zero-order chi connectivity index (χ0) is 15.1. The number of hydrogen-bond acceptors (Lipinski definition) is 3. The molecule has 1 aliphatic rings. The molecule has 21 heavy (non-hydrogen) atoms. The van der Waals surface area contributed by atoms with Crippen molar-refractivity contribution >= 4 is 5.91 Å². The van der Waals surface area contributed by atoms with Gasteiger partial charge >= 0.3 is 0 Å². The molecule has 0 aromatic heterocycles. The number of benzene rings is 1. The molecule has 2 rings (SSSR count). The maximum atomic E-state index is 13.1. The largest absolute Gasteiger partial charge is 0.396 e. The molecule has 5 heteroatoms. The number of aliphatic hydroxyl groups excluding tert-OH is 1. The normalized spacial score (nSPS) is 16.8. The fourth-order valence-electron chi connectivity index (χ4n) is 2.67. The third-order valence-electron chi connectivity index (χ3n) is 3.82. The van der Waals surface area contributed by atoms with Crippen LogP contribution >= 0.6 is 0 Å². The van der Waals surface area contributed by atoms with Gasteiger partial charge in [0.25, 0.3) is 0 Å².